The van der Waals surface area contributed by atoms with Crippen molar-refractivity contribution in [2.45, 2.75) is 104 Å². The number of methoxy groups -OCH3 is 1. The molecule has 0 aliphatic carbocycles. The molecule has 0 saturated heterocycles. The van der Waals surface area contributed by atoms with Crippen LogP contribution in [0.1, 0.15) is 92.4 Å². The first kappa shape index (κ1) is 26.8. The Hall–Kier alpha value is -1.27. The summed E-state index contributed by atoms with van der Waals surface area (Å²) in [4.78, 5) is 12.4. The molecule has 1 heterocycles. The van der Waals surface area contributed by atoms with Crippen LogP contribution in [0.4, 0.5) is 0 Å². The standard InChI is InChI=1S/C24H46N2O4/c1-7-25-20-21(27)26(22(25)28)24(4,5)16-10-13-19-30-18-12-9-15-23(2,3)14-8-11-17-29-6/h20,27H,7-19H2,1-6H3. The van der Waals surface area contributed by atoms with Gasteiger partial charge in [-0.3, -0.25) is 9.13 Å². The van der Waals surface area contributed by atoms with Crippen LogP contribution in [0.2, 0.25) is 0 Å². The maximum atomic E-state index is 12.4. The first-order valence-electron chi connectivity index (χ1n) is 11.7. The number of aryl methyl sites for hydroxylation is 1. The number of imidazole rings is 1. The van der Waals surface area contributed by atoms with E-state index in [1.807, 2.05) is 20.8 Å². The van der Waals surface area contributed by atoms with Gasteiger partial charge in [-0.1, -0.05) is 26.7 Å². The van der Waals surface area contributed by atoms with E-state index in [9.17, 15) is 9.90 Å². The monoisotopic (exact) mass is 426 g/mol. The van der Waals surface area contributed by atoms with Gasteiger partial charge in [0.2, 0.25) is 5.88 Å². The lowest BCUT2D eigenvalue weighted by Gasteiger charge is -2.26. The van der Waals surface area contributed by atoms with Gasteiger partial charge in [0.1, 0.15) is 0 Å². The summed E-state index contributed by atoms with van der Waals surface area (Å²) in [5.74, 6) is 0.0460. The highest BCUT2D eigenvalue weighted by Crippen LogP contribution is 2.29. The van der Waals surface area contributed by atoms with Crippen LogP contribution in [0.25, 0.3) is 0 Å². The normalized spacial score (nSPS) is 12.6. The molecular weight excluding hydrogens is 380 g/mol. The smallest absolute Gasteiger partial charge is 0.331 e. The molecule has 1 N–H and O–H groups in total. The van der Waals surface area contributed by atoms with Crippen molar-refractivity contribution in [2.75, 3.05) is 26.9 Å². The third kappa shape index (κ3) is 9.25. The van der Waals surface area contributed by atoms with Crippen LogP contribution in [-0.4, -0.2) is 41.2 Å². The molecule has 1 aromatic rings. The Balaban J connectivity index is 2.16. The maximum Gasteiger partial charge on any atom is 0.331 e. The lowest BCUT2D eigenvalue weighted by atomic mass is 9.82. The van der Waals surface area contributed by atoms with E-state index in [0.717, 1.165) is 51.9 Å². The fraction of sp³-hybridized carbons (Fsp3) is 0.875. The minimum absolute atomic E-state index is 0.0460. The quantitative estimate of drug-likeness (QED) is 0.343. The zero-order valence-electron chi connectivity index (χ0n) is 20.3. The number of nitrogens with zero attached hydrogens (tertiary/aromatic N) is 2. The van der Waals surface area contributed by atoms with Crippen LogP contribution in [0, 0.1) is 5.41 Å². The summed E-state index contributed by atoms with van der Waals surface area (Å²) in [5, 5.41) is 10.1. The van der Waals surface area contributed by atoms with Gasteiger partial charge in [-0.15, -0.1) is 0 Å². The number of aromatic nitrogens is 2. The van der Waals surface area contributed by atoms with Gasteiger partial charge in [-0.2, -0.15) is 0 Å². The van der Waals surface area contributed by atoms with E-state index in [-0.39, 0.29) is 11.6 Å². The molecule has 0 fully saturated rings. The molecule has 1 aromatic heterocycles. The van der Waals surface area contributed by atoms with E-state index in [0.29, 0.717) is 12.0 Å². The predicted molar refractivity (Wildman–Crippen MR) is 123 cm³/mol. The lowest BCUT2D eigenvalue weighted by Crippen LogP contribution is -2.36. The van der Waals surface area contributed by atoms with Gasteiger partial charge in [-0.05, 0) is 71.1 Å². The van der Waals surface area contributed by atoms with E-state index in [2.05, 4.69) is 13.8 Å². The Morgan fingerprint density at radius 2 is 1.43 bits per heavy atom. The number of hydrogen-bond donors (Lipinski definition) is 1. The van der Waals surface area contributed by atoms with Crippen LogP contribution in [0.15, 0.2) is 11.0 Å². The van der Waals surface area contributed by atoms with Gasteiger partial charge in [-0.25, -0.2) is 4.79 Å². The SMILES string of the molecule is CCn1cc(O)n(C(C)(C)CCCCOCCCCC(C)(C)CCCCOC)c1=O. The first-order valence-corrected chi connectivity index (χ1v) is 11.7. The molecule has 0 aliphatic heterocycles. The van der Waals surface area contributed by atoms with Crippen LogP contribution >= 0.6 is 0 Å². The molecule has 0 spiro atoms. The molecule has 0 aromatic carbocycles. The minimum atomic E-state index is -0.406. The van der Waals surface area contributed by atoms with Crippen molar-refractivity contribution >= 4 is 0 Å². The summed E-state index contributed by atoms with van der Waals surface area (Å²) in [7, 11) is 1.77. The van der Waals surface area contributed by atoms with Gasteiger partial charge in [0.25, 0.3) is 0 Å². The molecule has 0 bridgehead atoms. The number of ether oxygens (including phenoxy) is 2. The number of rotatable bonds is 17. The molecule has 176 valence electrons. The predicted octanol–water partition coefficient (Wildman–Crippen LogP) is 5.31. The second-order valence-electron chi connectivity index (χ2n) is 9.84. The highest BCUT2D eigenvalue weighted by molar-refractivity contribution is 5.09. The van der Waals surface area contributed by atoms with Gasteiger partial charge >= 0.3 is 5.69 Å². The molecule has 30 heavy (non-hydrogen) atoms. The fourth-order valence-electron chi connectivity index (χ4n) is 4.03. The Labute approximate surface area is 183 Å². The van der Waals surface area contributed by atoms with Crippen LogP contribution in [0.5, 0.6) is 5.88 Å². The van der Waals surface area contributed by atoms with Gasteiger partial charge in [0.05, 0.1) is 6.20 Å². The van der Waals surface area contributed by atoms with Crippen molar-refractivity contribution in [3.05, 3.63) is 16.7 Å². The second-order valence-corrected chi connectivity index (χ2v) is 9.84. The van der Waals surface area contributed by atoms with E-state index >= 15 is 0 Å². The van der Waals surface area contributed by atoms with E-state index in [1.165, 1.54) is 36.4 Å². The Kier molecular flexibility index (Phi) is 11.8. The minimum Gasteiger partial charge on any atom is -0.493 e. The Morgan fingerprint density at radius 3 is 1.93 bits per heavy atom. The van der Waals surface area contributed by atoms with Crippen LogP contribution in [-0.2, 0) is 21.6 Å². The molecular formula is C24H46N2O4. The highest BCUT2D eigenvalue weighted by atomic mass is 16.5. The van der Waals surface area contributed by atoms with E-state index < -0.39 is 5.54 Å². The van der Waals surface area contributed by atoms with Gasteiger partial charge in [0.15, 0.2) is 0 Å². The molecule has 0 atom stereocenters. The molecule has 0 amide bonds. The van der Waals surface area contributed by atoms with Crippen molar-refractivity contribution < 1.29 is 14.6 Å². The number of hydrogen-bond acceptors (Lipinski definition) is 4. The summed E-state index contributed by atoms with van der Waals surface area (Å²) in [6.45, 7) is 13.6. The summed E-state index contributed by atoms with van der Waals surface area (Å²) in [6.07, 6.45) is 11.5. The van der Waals surface area contributed by atoms with Gasteiger partial charge < -0.3 is 14.6 Å². The molecule has 0 saturated carbocycles. The summed E-state index contributed by atoms with van der Waals surface area (Å²) in [5.41, 5.74) is -0.145. The van der Waals surface area contributed by atoms with Crippen molar-refractivity contribution in [3.8, 4) is 5.88 Å². The van der Waals surface area contributed by atoms with E-state index in [4.69, 9.17) is 9.47 Å². The third-order valence-electron chi connectivity index (χ3n) is 6.05. The topological polar surface area (TPSA) is 65.6 Å². The van der Waals surface area contributed by atoms with Crippen molar-refractivity contribution in [3.63, 3.8) is 0 Å². The second kappa shape index (κ2) is 13.2. The molecule has 0 radical (unpaired) electrons. The third-order valence-corrected chi connectivity index (χ3v) is 6.05. The zero-order valence-corrected chi connectivity index (χ0v) is 20.3. The van der Waals surface area contributed by atoms with E-state index in [1.54, 1.807) is 11.7 Å². The average molecular weight is 427 g/mol. The first-order chi connectivity index (χ1) is 14.1. The summed E-state index contributed by atoms with van der Waals surface area (Å²) < 4.78 is 14.0. The number of unbranched alkanes of at least 4 members (excludes halogenated alkanes) is 3. The van der Waals surface area contributed by atoms with Crippen LogP contribution < -0.4 is 5.69 Å². The molecule has 6 heteroatoms. The molecule has 0 aliphatic rings. The molecule has 6 nitrogen and oxygen atoms in total. The van der Waals surface area contributed by atoms with Crippen molar-refractivity contribution in [2.24, 2.45) is 5.41 Å². The lowest BCUT2D eigenvalue weighted by molar-refractivity contribution is 0.119. The summed E-state index contributed by atoms with van der Waals surface area (Å²) in [6, 6.07) is 0. The molecule has 1 rings (SSSR count). The Morgan fingerprint density at radius 1 is 0.900 bits per heavy atom. The largest absolute Gasteiger partial charge is 0.493 e. The zero-order chi connectivity index (χ0) is 22.6. The number of aromatic hydroxyl groups is 1. The average Bonchev–Trinajstić information content (AvgIpc) is 2.98. The maximum absolute atomic E-state index is 12.4. The highest BCUT2D eigenvalue weighted by Gasteiger charge is 2.26. The van der Waals surface area contributed by atoms with Crippen molar-refractivity contribution in [1.82, 2.24) is 9.13 Å². The van der Waals surface area contributed by atoms with Crippen LogP contribution in [0.3, 0.4) is 0 Å². The van der Waals surface area contributed by atoms with Crippen molar-refractivity contribution in [1.29, 1.82) is 0 Å². The van der Waals surface area contributed by atoms with Gasteiger partial charge in [0, 0.05) is 39.0 Å². The molecule has 0 unspecified atom stereocenters. The summed E-state index contributed by atoms with van der Waals surface area (Å²) >= 11 is 0. The fourth-order valence-corrected chi connectivity index (χ4v) is 4.03. The Bertz CT molecular complexity index is 646.